The second-order valence-electron chi connectivity index (χ2n) is 6.16. The van der Waals surface area contributed by atoms with Gasteiger partial charge in [0.15, 0.2) is 0 Å². The van der Waals surface area contributed by atoms with Crippen molar-refractivity contribution in [3.05, 3.63) is 71.5 Å². The van der Waals surface area contributed by atoms with Crippen LogP contribution >= 0.6 is 0 Å². The monoisotopic (exact) mass is 263 g/mol. The Morgan fingerprint density at radius 1 is 1.10 bits per heavy atom. The Kier molecular flexibility index (Phi) is 2.80. The van der Waals surface area contributed by atoms with Crippen LogP contribution in [0.4, 0.5) is 0 Å². The molecule has 1 heteroatoms. The summed E-state index contributed by atoms with van der Waals surface area (Å²) in [6.45, 7) is 2.22. The molecule has 0 saturated heterocycles. The SMILES string of the molecule is CC1=CC2C3=C(C=CCC3)N(C3C=CC=CC3)C2C=C1. The number of hydrogen-bond donors (Lipinski definition) is 0. The van der Waals surface area contributed by atoms with E-state index in [2.05, 4.69) is 66.5 Å². The molecule has 1 aliphatic heterocycles. The molecule has 4 rings (SSSR count). The standard InChI is InChI=1S/C19H21N/c1-14-11-12-19-17(13-14)16-9-5-6-10-18(16)20(19)15-7-3-2-4-8-15/h2-4,6-7,10-13,15,17,19H,5,8-9H2,1H3. The first-order valence-electron chi connectivity index (χ1n) is 7.72. The first-order chi connectivity index (χ1) is 9.84. The quantitative estimate of drug-likeness (QED) is 0.682. The Morgan fingerprint density at radius 2 is 2.05 bits per heavy atom. The summed E-state index contributed by atoms with van der Waals surface area (Å²) in [7, 11) is 0. The van der Waals surface area contributed by atoms with E-state index in [1.807, 2.05) is 0 Å². The van der Waals surface area contributed by atoms with Gasteiger partial charge < -0.3 is 4.90 Å². The van der Waals surface area contributed by atoms with Crippen molar-refractivity contribution in [2.24, 2.45) is 5.92 Å². The van der Waals surface area contributed by atoms with Gasteiger partial charge in [0.25, 0.3) is 0 Å². The maximum absolute atomic E-state index is 2.65. The molecule has 4 aliphatic rings. The van der Waals surface area contributed by atoms with Crippen LogP contribution in [0.25, 0.3) is 0 Å². The summed E-state index contributed by atoms with van der Waals surface area (Å²) in [4.78, 5) is 2.65. The Morgan fingerprint density at radius 3 is 2.90 bits per heavy atom. The molecule has 0 aromatic heterocycles. The topological polar surface area (TPSA) is 3.24 Å². The van der Waals surface area contributed by atoms with E-state index in [1.54, 1.807) is 5.57 Å². The average Bonchev–Trinajstić information content (AvgIpc) is 2.82. The molecule has 1 heterocycles. The van der Waals surface area contributed by atoms with E-state index < -0.39 is 0 Å². The first-order valence-corrected chi connectivity index (χ1v) is 7.72. The predicted molar refractivity (Wildman–Crippen MR) is 84.1 cm³/mol. The highest BCUT2D eigenvalue weighted by molar-refractivity contribution is 5.45. The third-order valence-electron chi connectivity index (χ3n) is 4.87. The minimum absolute atomic E-state index is 0.513. The van der Waals surface area contributed by atoms with Crippen LogP contribution in [0.2, 0.25) is 0 Å². The third-order valence-corrected chi connectivity index (χ3v) is 4.87. The van der Waals surface area contributed by atoms with Crippen molar-refractivity contribution < 1.29 is 0 Å². The van der Waals surface area contributed by atoms with Gasteiger partial charge in [-0.2, -0.15) is 0 Å². The summed E-state index contributed by atoms with van der Waals surface area (Å²) in [5.74, 6) is 0.597. The van der Waals surface area contributed by atoms with Crippen molar-refractivity contribution in [1.82, 2.24) is 4.90 Å². The zero-order valence-electron chi connectivity index (χ0n) is 12.0. The van der Waals surface area contributed by atoms with Gasteiger partial charge in [-0.15, -0.1) is 0 Å². The lowest BCUT2D eigenvalue weighted by Gasteiger charge is -2.36. The van der Waals surface area contributed by atoms with E-state index in [1.165, 1.54) is 24.1 Å². The fourth-order valence-corrected chi connectivity index (χ4v) is 3.97. The average molecular weight is 263 g/mol. The molecular formula is C19H21N. The molecule has 0 saturated carbocycles. The Hall–Kier alpha value is -1.76. The number of nitrogens with zero attached hydrogens (tertiary/aromatic N) is 1. The van der Waals surface area contributed by atoms with E-state index in [0.29, 0.717) is 18.0 Å². The smallest absolute Gasteiger partial charge is 0.0583 e. The maximum Gasteiger partial charge on any atom is 0.0583 e. The minimum Gasteiger partial charge on any atom is -0.357 e. The summed E-state index contributed by atoms with van der Waals surface area (Å²) in [6.07, 6.45) is 24.4. The van der Waals surface area contributed by atoms with Gasteiger partial charge in [0, 0.05) is 11.6 Å². The van der Waals surface area contributed by atoms with Crippen LogP contribution < -0.4 is 0 Å². The van der Waals surface area contributed by atoms with Gasteiger partial charge in [0.05, 0.1) is 12.1 Å². The number of hydrogen-bond acceptors (Lipinski definition) is 1. The number of fused-ring (bicyclic) bond motifs is 2. The van der Waals surface area contributed by atoms with Crippen molar-refractivity contribution in [3.8, 4) is 0 Å². The summed E-state index contributed by atoms with van der Waals surface area (Å²) in [6, 6.07) is 1.03. The lowest BCUT2D eigenvalue weighted by atomic mass is 9.85. The molecule has 0 N–H and O–H groups in total. The van der Waals surface area contributed by atoms with Crippen molar-refractivity contribution in [2.45, 2.75) is 38.3 Å². The molecule has 20 heavy (non-hydrogen) atoms. The highest BCUT2D eigenvalue weighted by Crippen LogP contribution is 2.44. The molecule has 3 aliphatic carbocycles. The lowest BCUT2D eigenvalue weighted by Crippen LogP contribution is -2.40. The van der Waals surface area contributed by atoms with Gasteiger partial charge >= 0.3 is 0 Å². The fraction of sp³-hybridized carbons (Fsp3) is 0.368. The maximum atomic E-state index is 2.65. The van der Waals surface area contributed by atoms with Gasteiger partial charge in [0.2, 0.25) is 0 Å². The third kappa shape index (κ3) is 1.76. The molecule has 3 atom stereocenters. The zero-order valence-corrected chi connectivity index (χ0v) is 12.0. The largest absolute Gasteiger partial charge is 0.357 e. The van der Waals surface area contributed by atoms with Crippen LogP contribution in [0.1, 0.15) is 26.2 Å². The highest BCUT2D eigenvalue weighted by Gasteiger charge is 2.40. The minimum atomic E-state index is 0.513. The number of rotatable bonds is 1. The lowest BCUT2D eigenvalue weighted by molar-refractivity contribution is 0.256. The zero-order chi connectivity index (χ0) is 13.5. The van der Waals surface area contributed by atoms with E-state index in [4.69, 9.17) is 0 Å². The predicted octanol–water partition coefficient (Wildman–Crippen LogP) is 4.29. The molecule has 0 amide bonds. The van der Waals surface area contributed by atoms with Crippen molar-refractivity contribution >= 4 is 0 Å². The number of allylic oxidation sites excluding steroid dienone is 6. The highest BCUT2D eigenvalue weighted by atomic mass is 15.2. The van der Waals surface area contributed by atoms with Crippen molar-refractivity contribution in [1.29, 1.82) is 0 Å². The normalized spacial score (nSPS) is 34.4. The van der Waals surface area contributed by atoms with Gasteiger partial charge in [-0.3, -0.25) is 0 Å². The molecule has 102 valence electrons. The molecule has 3 unspecified atom stereocenters. The Balaban J connectivity index is 1.76. The van der Waals surface area contributed by atoms with Crippen molar-refractivity contribution in [3.63, 3.8) is 0 Å². The fourth-order valence-electron chi connectivity index (χ4n) is 3.97. The van der Waals surface area contributed by atoms with Gasteiger partial charge in [-0.05, 0) is 37.8 Å². The van der Waals surface area contributed by atoms with E-state index in [9.17, 15) is 0 Å². The van der Waals surface area contributed by atoms with Crippen LogP contribution in [0.5, 0.6) is 0 Å². The summed E-state index contributed by atoms with van der Waals surface area (Å²) in [5.41, 5.74) is 4.56. The van der Waals surface area contributed by atoms with Crippen LogP contribution in [0.15, 0.2) is 71.5 Å². The molecule has 0 radical (unpaired) electrons. The molecule has 1 nitrogen and oxygen atoms in total. The molecule has 0 aromatic rings. The summed E-state index contributed by atoms with van der Waals surface area (Å²) in [5, 5.41) is 0. The van der Waals surface area contributed by atoms with Crippen LogP contribution in [0.3, 0.4) is 0 Å². The molecule has 0 fully saturated rings. The van der Waals surface area contributed by atoms with Crippen LogP contribution in [-0.2, 0) is 0 Å². The molecule has 0 bridgehead atoms. The van der Waals surface area contributed by atoms with Gasteiger partial charge in [-0.25, -0.2) is 0 Å². The Labute approximate surface area is 121 Å². The Bertz CT molecular complexity index is 597. The van der Waals surface area contributed by atoms with E-state index in [-0.39, 0.29) is 0 Å². The van der Waals surface area contributed by atoms with Gasteiger partial charge in [-0.1, -0.05) is 54.2 Å². The molecule has 0 spiro atoms. The summed E-state index contributed by atoms with van der Waals surface area (Å²) >= 11 is 0. The molecular weight excluding hydrogens is 242 g/mol. The first kappa shape index (κ1) is 12.0. The second-order valence-corrected chi connectivity index (χ2v) is 6.16. The van der Waals surface area contributed by atoms with Crippen LogP contribution in [0, 0.1) is 5.92 Å². The van der Waals surface area contributed by atoms with E-state index >= 15 is 0 Å². The second kappa shape index (κ2) is 4.66. The summed E-state index contributed by atoms with van der Waals surface area (Å²) < 4.78 is 0. The van der Waals surface area contributed by atoms with Gasteiger partial charge in [0.1, 0.15) is 0 Å². The van der Waals surface area contributed by atoms with Crippen molar-refractivity contribution in [2.75, 3.05) is 0 Å². The van der Waals surface area contributed by atoms with Crippen LogP contribution in [-0.4, -0.2) is 17.0 Å². The molecule has 0 aromatic carbocycles. The van der Waals surface area contributed by atoms with E-state index in [0.717, 1.165) is 6.42 Å².